The molecule has 0 heterocycles. The molecule has 0 unspecified atom stereocenters. The van der Waals surface area contributed by atoms with E-state index >= 15 is 0 Å². The predicted octanol–water partition coefficient (Wildman–Crippen LogP) is 0.267. The van der Waals surface area contributed by atoms with E-state index in [1.54, 1.807) is 24.3 Å². The van der Waals surface area contributed by atoms with Crippen molar-refractivity contribution in [2.24, 2.45) is 0 Å². The maximum absolute atomic E-state index is 10.9. The molecule has 0 aliphatic carbocycles. The molecule has 1 rings (SSSR count). The SMILES string of the molecule is [B]c1ccc(C(=O)OC)cc1. The Morgan fingerprint density at radius 3 is 2.36 bits per heavy atom. The van der Waals surface area contributed by atoms with Crippen LogP contribution >= 0.6 is 0 Å². The van der Waals surface area contributed by atoms with Crippen molar-refractivity contribution in [3.63, 3.8) is 0 Å². The number of hydrogen-bond donors (Lipinski definition) is 0. The molecule has 2 radical (unpaired) electrons. The third-order valence-electron chi connectivity index (χ3n) is 1.33. The van der Waals surface area contributed by atoms with E-state index in [0.29, 0.717) is 11.0 Å². The van der Waals surface area contributed by atoms with Crippen molar-refractivity contribution in [2.75, 3.05) is 7.11 Å². The molecule has 0 N–H and O–H groups in total. The molecule has 0 bridgehead atoms. The molecule has 3 heteroatoms. The van der Waals surface area contributed by atoms with Crippen LogP contribution in [0, 0.1) is 0 Å². The highest BCUT2D eigenvalue weighted by molar-refractivity contribution is 6.32. The van der Waals surface area contributed by atoms with Gasteiger partial charge in [0, 0.05) is 0 Å². The summed E-state index contributed by atoms with van der Waals surface area (Å²) in [6.07, 6.45) is 0. The second-order valence-corrected chi connectivity index (χ2v) is 2.11. The number of esters is 1. The van der Waals surface area contributed by atoms with Gasteiger partial charge >= 0.3 is 5.97 Å². The van der Waals surface area contributed by atoms with Gasteiger partial charge in [0.1, 0.15) is 7.85 Å². The lowest BCUT2D eigenvalue weighted by atomic mass is 9.95. The summed E-state index contributed by atoms with van der Waals surface area (Å²) in [4.78, 5) is 10.9. The zero-order chi connectivity index (χ0) is 8.27. The van der Waals surface area contributed by atoms with Gasteiger partial charge in [-0.1, -0.05) is 17.6 Å². The molecular formula is C8H7BO2. The van der Waals surface area contributed by atoms with Gasteiger partial charge in [0.15, 0.2) is 0 Å². The standard InChI is InChI=1S/C8H7BO2/c1-11-8(10)6-2-4-7(9)5-3-6/h2-5H,1H3. The molecule has 0 spiro atoms. The molecule has 0 amide bonds. The van der Waals surface area contributed by atoms with Crippen LogP contribution in [0.3, 0.4) is 0 Å². The average Bonchev–Trinajstić information content (AvgIpc) is 2.05. The maximum atomic E-state index is 10.9. The summed E-state index contributed by atoms with van der Waals surface area (Å²) in [5.41, 5.74) is 1.15. The van der Waals surface area contributed by atoms with Gasteiger partial charge in [0.2, 0.25) is 0 Å². The van der Waals surface area contributed by atoms with E-state index in [4.69, 9.17) is 7.85 Å². The fourth-order valence-corrected chi connectivity index (χ4v) is 0.737. The Morgan fingerprint density at radius 2 is 1.91 bits per heavy atom. The van der Waals surface area contributed by atoms with E-state index in [-0.39, 0.29) is 5.97 Å². The molecule has 0 atom stereocenters. The zero-order valence-electron chi connectivity index (χ0n) is 6.20. The molecule has 1 aromatic carbocycles. The van der Waals surface area contributed by atoms with Crippen LogP contribution in [0.25, 0.3) is 0 Å². The number of methoxy groups -OCH3 is 1. The van der Waals surface area contributed by atoms with Crippen molar-refractivity contribution in [1.29, 1.82) is 0 Å². The van der Waals surface area contributed by atoms with Crippen LogP contribution in [0.2, 0.25) is 0 Å². The van der Waals surface area contributed by atoms with E-state index in [2.05, 4.69) is 4.74 Å². The smallest absolute Gasteiger partial charge is 0.337 e. The lowest BCUT2D eigenvalue weighted by molar-refractivity contribution is 0.0601. The lowest BCUT2D eigenvalue weighted by Gasteiger charge is -1.98. The van der Waals surface area contributed by atoms with E-state index < -0.39 is 0 Å². The van der Waals surface area contributed by atoms with Crippen LogP contribution in [0.15, 0.2) is 24.3 Å². The van der Waals surface area contributed by atoms with Gasteiger partial charge < -0.3 is 4.74 Å². The minimum Gasteiger partial charge on any atom is -0.465 e. The van der Waals surface area contributed by atoms with Crippen LogP contribution in [0.4, 0.5) is 0 Å². The van der Waals surface area contributed by atoms with Gasteiger partial charge in [-0.2, -0.15) is 0 Å². The topological polar surface area (TPSA) is 26.3 Å². The normalized spacial score (nSPS) is 9.18. The summed E-state index contributed by atoms with van der Waals surface area (Å²) >= 11 is 0. The fraction of sp³-hybridized carbons (Fsp3) is 0.125. The molecule has 0 saturated carbocycles. The first-order chi connectivity index (χ1) is 5.24. The van der Waals surface area contributed by atoms with Crippen LogP contribution in [0.1, 0.15) is 10.4 Å². The summed E-state index contributed by atoms with van der Waals surface area (Å²) in [6, 6.07) is 6.57. The summed E-state index contributed by atoms with van der Waals surface area (Å²) in [5, 5.41) is 0. The maximum Gasteiger partial charge on any atom is 0.337 e. The summed E-state index contributed by atoms with van der Waals surface area (Å²) in [5.74, 6) is -0.343. The highest BCUT2D eigenvalue weighted by atomic mass is 16.5. The highest BCUT2D eigenvalue weighted by Crippen LogP contribution is 1.97. The van der Waals surface area contributed by atoms with Gasteiger partial charge in [-0.15, -0.1) is 0 Å². The average molecular weight is 146 g/mol. The predicted molar refractivity (Wildman–Crippen MR) is 43.2 cm³/mol. The van der Waals surface area contributed by atoms with Gasteiger partial charge in [-0.05, 0) is 12.1 Å². The molecule has 2 nitrogen and oxygen atoms in total. The van der Waals surface area contributed by atoms with Crippen molar-refractivity contribution in [2.45, 2.75) is 0 Å². The van der Waals surface area contributed by atoms with Crippen molar-refractivity contribution in [1.82, 2.24) is 0 Å². The van der Waals surface area contributed by atoms with Crippen LogP contribution in [-0.2, 0) is 4.74 Å². The Kier molecular flexibility index (Phi) is 2.31. The summed E-state index contributed by atoms with van der Waals surface area (Å²) in [6.45, 7) is 0. The van der Waals surface area contributed by atoms with E-state index in [0.717, 1.165) is 0 Å². The molecular weight excluding hydrogens is 139 g/mol. The monoisotopic (exact) mass is 146 g/mol. The van der Waals surface area contributed by atoms with Crippen LogP contribution in [-0.4, -0.2) is 20.9 Å². The molecule has 0 saturated heterocycles. The van der Waals surface area contributed by atoms with Crippen LogP contribution in [0.5, 0.6) is 0 Å². The van der Waals surface area contributed by atoms with Crippen molar-refractivity contribution >= 4 is 19.3 Å². The molecule has 0 aliphatic heterocycles. The number of carbonyl (C=O) groups excluding carboxylic acids is 1. The minimum atomic E-state index is -0.343. The van der Waals surface area contributed by atoms with Crippen LogP contribution < -0.4 is 5.46 Å². The number of carbonyl (C=O) groups is 1. The number of benzene rings is 1. The number of ether oxygens (including phenoxy) is 1. The Hall–Kier alpha value is -1.25. The fourth-order valence-electron chi connectivity index (χ4n) is 0.737. The molecule has 1 aromatic rings. The zero-order valence-corrected chi connectivity index (χ0v) is 6.20. The molecule has 54 valence electrons. The Bertz CT molecular complexity index is 253. The summed E-state index contributed by atoms with van der Waals surface area (Å²) in [7, 11) is 6.76. The second-order valence-electron chi connectivity index (χ2n) is 2.11. The van der Waals surface area contributed by atoms with Gasteiger partial charge in [-0.25, -0.2) is 4.79 Å². The second kappa shape index (κ2) is 3.24. The first kappa shape index (κ1) is 7.86. The Morgan fingerprint density at radius 1 is 1.36 bits per heavy atom. The van der Waals surface area contributed by atoms with E-state index in [1.165, 1.54) is 7.11 Å². The molecule has 0 aromatic heterocycles. The van der Waals surface area contributed by atoms with Gasteiger partial charge in [-0.3, -0.25) is 0 Å². The van der Waals surface area contributed by atoms with Gasteiger partial charge in [0.25, 0.3) is 0 Å². The molecule has 0 aliphatic rings. The van der Waals surface area contributed by atoms with Crippen molar-refractivity contribution in [3.8, 4) is 0 Å². The number of hydrogen-bond acceptors (Lipinski definition) is 2. The highest BCUT2D eigenvalue weighted by Gasteiger charge is 2.01. The number of rotatable bonds is 1. The Balaban J connectivity index is 2.90. The third kappa shape index (κ3) is 1.83. The largest absolute Gasteiger partial charge is 0.465 e. The molecule has 11 heavy (non-hydrogen) atoms. The third-order valence-corrected chi connectivity index (χ3v) is 1.33. The van der Waals surface area contributed by atoms with E-state index in [9.17, 15) is 4.79 Å². The molecule has 0 fully saturated rings. The first-order valence-electron chi connectivity index (χ1n) is 3.18. The minimum absolute atomic E-state index is 0.343. The Labute approximate surface area is 66.6 Å². The lowest BCUT2D eigenvalue weighted by Crippen LogP contribution is -2.05. The quantitative estimate of drug-likeness (QED) is 0.419. The summed E-state index contributed by atoms with van der Waals surface area (Å²) < 4.78 is 4.50. The first-order valence-corrected chi connectivity index (χ1v) is 3.18. The van der Waals surface area contributed by atoms with Crippen molar-refractivity contribution in [3.05, 3.63) is 29.8 Å². The van der Waals surface area contributed by atoms with Crippen molar-refractivity contribution < 1.29 is 9.53 Å². The van der Waals surface area contributed by atoms with Gasteiger partial charge in [0.05, 0.1) is 12.7 Å². The van der Waals surface area contributed by atoms with E-state index in [1.807, 2.05) is 0 Å².